The summed E-state index contributed by atoms with van der Waals surface area (Å²) in [6, 6.07) is 3.29. The van der Waals surface area contributed by atoms with Crippen LogP contribution >= 0.6 is 11.6 Å². The fourth-order valence-corrected chi connectivity index (χ4v) is 2.42. The summed E-state index contributed by atoms with van der Waals surface area (Å²) in [7, 11) is 0. The van der Waals surface area contributed by atoms with Gasteiger partial charge in [-0.25, -0.2) is 0 Å². The van der Waals surface area contributed by atoms with Gasteiger partial charge in [0, 0.05) is 11.2 Å². The van der Waals surface area contributed by atoms with Crippen LogP contribution in [0.15, 0.2) is 43.6 Å². The molecule has 0 atom stereocenters. The van der Waals surface area contributed by atoms with Crippen LogP contribution in [0.1, 0.15) is 5.69 Å². The third-order valence-corrected chi connectivity index (χ3v) is 4.59. The van der Waals surface area contributed by atoms with Gasteiger partial charge in [-0.05, 0) is 12.1 Å². The molecule has 16 heavy (non-hydrogen) atoms. The van der Waals surface area contributed by atoms with Crippen molar-refractivity contribution in [2.24, 2.45) is 0 Å². The first kappa shape index (κ1) is 15.8. The molecule has 0 saturated carbocycles. The Kier molecular flexibility index (Phi) is 11.1. The van der Waals surface area contributed by atoms with Crippen molar-refractivity contribution in [2.75, 3.05) is 0 Å². The van der Waals surface area contributed by atoms with E-state index in [-0.39, 0.29) is 29.8 Å². The third-order valence-electron chi connectivity index (χ3n) is 1.52. The zero-order valence-electron chi connectivity index (χ0n) is 9.19. The van der Waals surface area contributed by atoms with Gasteiger partial charge in [-0.2, -0.15) is 0 Å². The summed E-state index contributed by atoms with van der Waals surface area (Å²) in [5, 5.41) is 9.15. The SMILES string of the molecule is C=C[CH2][Zr][CH2]C=C.OCc1cc(Cl)ccn1. The van der Waals surface area contributed by atoms with E-state index in [4.69, 9.17) is 16.7 Å². The molecule has 0 fully saturated rings. The quantitative estimate of drug-likeness (QED) is 0.666. The molecule has 1 heterocycles. The molecule has 86 valence electrons. The molecule has 0 saturated heterocycles. The van der Waals surface area contributed by atoms with Crippen molar-refractivity contribution in [3.8, 4) is 0 Å². The zero-order valence-corrected chi connectivity index (χ0v) is 12.4. The number of pyridine rings is 1. The van der Waals surface area contributed by atoms with Crippen molar-refractivity contribution < 1.29 is 28.3 Å². The molecule has 0 aromatic carbocycles. The molecule has 2 nitrogen and oxygen atoms in total. The smallest absolute Gasteiger partial charge is 0.0853 e. The average molecular weight is 317 g/mol. The van der Waals surface area contributed by atoms with E-state index in [1.54, 1.807) is 18.3 Å². The average Bonchev–Trinajstić information content (AvgIpc) is 2.31. The van der Waals surface area contributed by atoms with Crippen molar-refractivity contribution in [1.29, 1.82) is 0 Å². The molecule has 0 amide bonds. The predicted molar refractivity (Wildman–Crippen MR) is 65.2 cm³/mol. The van der Waals surface area contributed by atoms with Gasteiger partial charge < -0.3 is 5.11 Å². The standard InChI is InChI=1S/C6H6ClNO.2C3H5.Zr/c7-5-1-2-8-6(3-5)4-9;2*1-3-2;/h1-3,9H,4H2;2*3H,1-2H2;. The van der Waals surface area contributed by atoms with Gasteiger partial charge in [-0.15, -0.1) is 0 Å². The molecule has 0 unspecified atom stereocenters. The second-order valence-electron chi connectivity index (χ2n) is 2.86. The molecule has 0 bridgehead atoms. The van der Waals surface area contributed by atoms with Crippen LogP contribution in [0, 0.1) is 0 Å². The van der Waals surface area contributed by atoms with Crippen LogP contribution in [0.2, 0.25) is 13.3 Å². The maximum atomic E-state index is 8.54. The van der Waals surface area contributed by atoms with Gasteiger partial charge >= 0.3 is 56.8 Å². The van der Waals surface area contributed by atoms with E-state index in [0.29, 0.717) is 10.7 Å². The molecule has 1 aromatic rings. The van der Waals surface area contributed by atoms with Gasteiger partial charge in [-0.3, -0.25) is 4.98 Å². The normalized spacial score (nSPS) is 8.62. The summed E-state index contributed by atoms with van der Waals surface area (Å²) in [6.07, 6.45) is 5.58. The summed E-state index contributed by atoms with van der Waals surface area (Å²) >= 11 is 5.52. The Hall–Kier alpha value is -0.237. The Morgan fingerprint density at radius 1 is 1.38 bits per heavy atom. The van der Waals surface area contributed by atoms with Gasteiger partial charge in [-0.1, -0.05) is 11.6 Å². The van der Waals surface area contributed by atoms with Gasteiger partial charge in [0.1, 0.15) is 0 Å². The van der Waals surface area contributed by atoms with E-state index < -0.39 is 0 Å². The van der Waals surface area contributed by atoms with Crippen LogP contribution in [0.3, 0.4) is 0 Å². The molecule has 0 aliphatic heterocycles. The number of aromatic nitrogens is 1. The number of rotatable bonds is 5. The molecule has 1 N–H and O–H groups in total. The Bertz CT molecular complexity index is 310. The maximum Gasteiger partial charge on any atom is 0.0853 e. The molecule has 1 rings (SSSR count). The first-order chi connectivity index (χ1) is 7.74. The van der Waals surface area contributed by atoms with E-state index in [9.17, 15) is 0 Å². The number of hydrogen-bond acceptors (Lipinski definition) is 2. The summed E-state index contributed by atoms with van der Waals surface area (Å²) in [5.41, 5.74) is 0.600. The minimum atomic E-state index is -0.0550. The van der Waals surface area contributed by atoms with Crippen LogP contribution in [-0.2, 0) is 29.8 Å². The van der Waals surface area contributed by atoms with E-state index in [2.05, 4.69) is 18.1 Å². The van der Waals surface area contributed by atoms with Crippen LogP contribution in [0.25, 0.3) is 0 Å². The minimum absolute atomic E-state index is 0.0547. The fraction of sp³-hybridized carbons (Fsp3) is 0.250. The molecule has 0 radical (unpaired) electrons. The monoisotopic (exact) mass is 315 g/mol. The minimum Gasteiger partial charge on any atom is -0.390 e. The van der Waals surface area contributed by atoms with Gasteiger partial charge in [0.15, 0.2) is 0 Å². The Labute approximate surface area is 114 Å². The summed E-state index contributed by atoms with van der Waals surface area (Å²) < 4.78 is 2.57. The Morgan fingerprint density at radius 2 is 2.00 bits per heavy atom. The first-order valence-electron chi connectivity index (χ1n) is 4.88. The molecule has 4 heteroatoms. The van der Waals surface area contributed by atoms with Crippen molar-refractivity contribution in [2.45, 2.75) is 14.9 Å². The largest absolute Gasteiger partial charge is 0.390 e. The summed E-state index contributed by atoms with van der Waals surface area (Å²) in [4.78, 5) is 3.82. The molecule has 1 aromatic heterocycles. The van der Waals surface area contributed by atoms with Gasteiger partial charge in [0.05, 0.1) is 12.3 Å². The fourth-order valence-electron chi connectivity index (χ4n) is 0.823. The molecule has 0 spiro atoms. The first-order valence-corrected chi connectivity index (χ1v) is 8.73. The Balaban J connectivity index is 0.000000293. The number of hydrogen-bond donors (Lipinski definition) is 1. The number of nitrogens with zero attached hydrogens (tertiary/aromatic N) is 1. The number of aliphatic hydroxyl groups is 1. The molecular formula is C12H16ClNOZr. The predicted octanol–water partition coefficient (Wildman–Crippen LogP) is 3.50. The van der Waals surface area contributed by atoms with Crippen LogP contribution in [0.5, 0.6) is 0 Å². The van der Waals surface area contributed by atoms with Gasteiger partial charge in [0.2, 0.25) is 0 Å². The van der Waals surface area contributed by atoms with Crippen LogP contribution < -0.4 is 0 Å². The van der Waals surface area contributed by atoms with E-state index in [0.717, 1.165) is 0 Å². The third kappa shape index (κ3) is 9.02. The zero-order chi connectivity index (χ0) is 12.2. The maximum absolute atomic E-state index is 8.54. The van der Waals surface area contributed by atoms with Crippen molar-refractivity contribution in [3.63, 3.8) is 0 Å². The number of halogens is 1. The van der Waals surface area contributed by atoms with E-state index in [1.807, 2.05) is 12.2 Å². The summed E-state index contributed by atoms with van der Waals surface area (Å²) in [5.74, 6) is 0. The Morgan fingerprint density at radius 3 is 2.38 bits per heavy atom. The van der Waals surface area contributed by atoms with Gasteiger partial charge in [0.25, 0.3) is 0 Å². The van der Waals surface area contributed by atoms with Crippen molar-refractivity contribution in [3.05, 3.63) is 54.4 Å². The second kappa shape index (κ2) is 11.3. The number of aliphatic hydroxyl groups excluding tert-OH is 1. The van der Waals surface area contributed by atoms with E-state index in [1.165, 1.54) is 8.26 Å². The second-order valence-corrected chi connectivity index (χ2v) is 6.53. The van der Waals surface area contributed by atoms with E-state index >= 15 is 0 Å². The van der Waals surface area contributed by atoms with Crippen molar-refractivity contribution in [1.82, 2.24) is 4.98 Å². The van der Waals surface area contributed by atoms with Crippen LogP contribution in [-0.4, -0.2) is 10.1 Å². The molecular weight excluding hydrogens is 301 g/mol. The number of allylic oxidation sites excluding steroid dienone is 2. The van der Waals surface area contributed by atoms with Crippen LogP contribution in [0.4, 0.5) is 0 Å². The topological polar surface area (TPSA) is 33.1 Å². The summed E-state index contributed by atoms with van der Waals surface area (Å²) in [6.45, 7) is 7.23. The van der Waals surface area contributed by atoms with Crippen molar-refractivity contribution >= 4 is 11.6 Å². The molecule has 0 aliphatic carbocycles. The molecule has 0 aliphatic rings.